The lowest BCUT2D eigenvalue weighted by Crippen LogP contribution is -2.17. The van der Waals surface area contributed by atoms with Crippen LogP contribution >= 0.6 is 15.9 Å². The van der Waals surface area contributed by atoms with E-state index in [1.54, 1.807) is 6.07 Å². The molecule has 3 aromatic rings. The number of benzene rings is 2. The van der Waals surface area contributed by atoms with Crippen molar-refractivity contribution in [2.24, 2.45) is 0 Å². The molecular formula is C17H15BrFN3O. The fourth-order valence-electron chi connectivity index (χ4n) is 2.29. The van der Waals surface area contributed by atoms with E-state index in [1.807, 2.05) is 42.3 Å². The van der Waals surface area contributed by atoms with E-state index in [1.165, 1.54) is 12.1 Å². The van der Waals surface area contributed by atoms with Crippen molar-refractivity contribution in [2.75, 3.05) is 7.05 Å². The summed E-state index contributed by atoms with van der Waals surface area (Å²) >= 11 is 3.47. The van der Waals surface area contributed by atoms with Crippen molar-refractivity contribution in [1.82, 2.24) is 15.1 Å². The molecule has 0 N–H and O–H groups in total. The molecule has 2 aromatic carbocycles. The summed E-state index contributed by atoms with van der Waals surface area (Å²) in [6, 6.07) is 14.2. The van der Waals surface area contributed by atoms with Gasteiger partial charge in [-0.2, -0.15) is 0 Å². The lowest BCUT2D eigenvalue weighted by molar-refractivity contribution is 0.282. The molecule has 0 radical (unpaired) electrons. The van der Waals surface area contributed by atoms with Gasteiger partial charge in [0, 0.05) is 11.0 Å². The summed E-state index contributed by atoms with van der Waals surface area (Å²) in [5.74, 6) is 0.770. The first-order valence-corrected chi connectivity index (χ1v) is 7.91. The molecule has 6 heteroatoms. The van der Waals surface area contributed by atoms with Crippen molar-refractivity contribution in [3.05, 3.63) is 70.3 Å². The number of halogens is 2. The van der Waals surface area contributed by atoms with Crippen LogP contribution in [0.1, 0.15) is 11.5 Å². The highest BCUT2D eigenvalue weighted by Crippen LogP contribution is 2.26. The molecule has 0 aliphatic rings. The zero-order valence-corrected chi connectivity index (χ0v) is 14.1. The summed E-state index contributed by atoms with van der Waals surface area (Å²) in [4.78, 5) is 1.99. The van der Waals surface area contributed by atoms with Crippen LogP contribution in [-0.2, 0) is 13.1 Å². The van der Waals surface area contributed by atoms with Gasteiger partial charge in [-0.3, -0.25) is 4.90 Å². The van der Waals surface area contributed by atoms with Gasteiger partial charge in [-0.25, -0.2) is 4.39 Å². The second-order valence-electron chi connectivity index (χ2n) is 5.28. The molecule has 0 atom stereocenters. The summed E-state index contributed by atoms with van der Waals surface area (Å²) in [5.41, 5.74) is 1.76. The van der Waals surface area contributed by atoms with Gasteiger partial charge in [0.1, 0.15) is 5.82 Å². The Morgan fingerprint density at radius 2 is 1.91 bits per heavy atom. The predicted molar refractivity (Wildman–Crippen MR) is 89.0 cm³/mol. The molecule has 1 heterocycles. The Bertz CT molecular complexity index is 806. The number of hydrogen-bond acceptors (Lipinski definition) is 4. The third kappa shape index (κ3) is 4.03. The van der Waals surface area contributed by atoms with Crippen LogP contribution in [0.2, 0.25) is 0 Å². The van der Waals surface area contributed by atoms with Crippen molar-refractivity contribution in [3.8, 4) is 11.5 Å². The molecule has 118 valence electrons. The van der Waals surface area contributed by atoms with E-state index in [9.17, 15) is 4.39 Å². The highest BCUT2D eigenvalue weighted by Gasteiger charge is 2.13. The van der Waals surface area contributed by atoms with E-state index in [0.717, 1.165) is 15.6 Å². The first-order valence-electron chi connectivity index (χ1n) is 7.12. The van der Waals surface area contributed by atoms with Crippen molar-refractivity contribution in [3.63, 3.8) is 0 Å². The minimum absolute atomic E-state index is 0.232. The largest absolute Gasteiger partial charge is 0.419 e. The minimum Gasteiger partial charge on any atom is -0.419 e. The number of rotatable bonds is 5. The molecule has 0 aliphatic heterocycles. The van der Waals surface area contributed by atoms with Gasteiger partial charge in [0.25, 0.3) is 0 Å². The molecule has 0 aliphatic carbocycles. The Balaban J connectivity index is 1.68. The summed E-state index contributed by atoms with van der Waals surface area (Å²) in [6.45, 7) is 1.10. The standard InChI is InChI=1S/C17H15BrFN3O/c1-22(10-12-5-4-6-13(19)9-12)11-16-20-21-17(23-16)14-7-2-3-8-15(14)18/h2-9H,10-11H2,1H3. The molecule has 0 spiro atoms. The first kappa shape index (κ1) is 15.8. The molecule has 23 heavy (non-hydrogen) atoms. The quantitative estimate of drug-likeness (QED) is 0.667. The van der Waals surface area contributed by atoms with Gasteiger partial charge in [-0.05, 0) is 52.8 Å². The second kappa shape index (κ2) is 7.02. The monoisotopic (exact) mass is 375 g/mol. The Morgan fingerprint density at radius 3 is 2.70 bits per heavy atom. The molecule has 0 amide bonds. The Morgan fingerprint density at radius 1 is 1.09 bits per heavy atom. The predicted octanol–water partition coefficient (Wildman–Crippen LogP) is 4.27. The third-order valence-electron chi connectivity index (χ3n) is 3.32. The van der Waals surface area contributed by atoms with E-state index in [2.05, 4.69) is 26.1 Å². The van der Waals surface area contributed by atoms with Crippen LogP contribution in [-0.4, -0.2) is 22.1 Å². The maximum Gasteiger partial charge on any atom is 0.248 e. The molecular weight excluding hydrogens is 361 g/mol. The highest BCUT2D eigenvalue weighted by atomic mass is 79.9. The van der Waals surface area contributed by atoms with E-state index >= 15 is 0 Å². The molecule has 4 nitrogen and oxygen atoms in total. The van der Waals surface area contributed by atoms with Crippen LogP contribution < -0.4 is 0 Å². The molecule has 3 rings (SSSR count). The fraction of sp³-hybridized carbons (Fsp3) is 0.176. The molecule has 0 saturated carbocycles. The fourth-order valence-corrected chi connectivity index (χ4v) is 2.75. The van der Waals surface area contributed by atoms with Crippen LogP contribution in [0.5, 0.6) is 0 Å². The van der Waals surface area contributed by atoms with Crippen molar-refractivity contribution in [2.45, 2.75) is 13.1 Å². The lowest BCUT2D eigenvalue weighted by Gasteiger charge is -2.14. The molecule has 0 saturated heterocycles. The molecule has 1 aromatic heterocycles. The number of nitrogens with zero attached hydrogens (tertiary/aromatic N) is 3. The van der Waals surface area contributed by atoms with Crippen molar-refractivity contribution >= 4 is 15.9 Å². The highest BCUT2D eigenvalue weighted by molar-refractivity contribution is 9.10. The van der Waals surface area contributed by atoms with E-state index < -0.39 is 0 Å². The topological polar surface area (TPSA) is 42.2 Å². The zero-order chi connectivity index (χ0) is 16.2. The van der Waals surface area contributed by atoms with Crippen LogP contribution in [0, 0.1) is 5.82 Å². The Kier molecular flexibility index (Phi) is 4.83. The first-order chi connectivity index (χ1) is 11.1. The van der Waals surface area contributed by atoms with E-state index in [-0.39, 0.29) is 5.82 Å². The van der Waals surface area contributed by atoms with Gasteiger partial charge in [-0.15, -0.1) is 10.2 Å². The smallest absolute Gasteiger partial charge is 0.248 e. The van der Waals surface area contributed by atoms with Gasteiger partial charge in [-0.1, -0.05) is 24.3 Å². The average molecular weight is 376 g/mol. The second-order valence-corrected chi connectivity index (χ2v) is 6.14. The summed E-state index contributed by atoms with van der Waals surface area (Å²) < 4.78 is 19.8. The van der Waals surface area contributed by atoms with Crippen LogP contribution in [0.4, 0.5) is 4.39 Å². The molecule has 0 unspecified atom stereocenters. The maximum atomic E-state index is 13.2. The van der Waals surface area contributed by atoms with Gasteiger partial charge >= 0.3 is 0 Å². The van der Waals surface area contributed by atoms with Crippen molar-refractivity contribution < 1.29 is 8.81 Å². The Labute approximate surface area is 142 Å². The van der Waals surface area contributed by atoms with Gasteiger partial charge < -0.3 is 4.42 Å². The van der Waals surface area contributed by atoms with Gasteiger partial charge in [0.05, 0.1) is 12.1 Å². The summed E-state index contributed by atoms with van der Waals surface area (Å²) in [7, 11) is 1.92. The molecule has 0 fully saturated rings. The summed E-state index contributed by atoms with van der Waals surface area (Å²) in [5, 5.41) is 8.17. The molecule has 0 bridgehead atoms. The lowest BCUT2D eigenvalue weighted by atomic mass is 10.2. The van der Waals surface area contributed by atoms with E-state index in [4.69, 9.17) is 4.42 Å². The van der Waals surface area contributed by atoms with Gasteiger partial charge in [0.15, 0.2) is 0 Å². The van der Waals surface area contributed by atoms with Crippen molar-refractivity contribution in [1.29, 1.82) is 0 Å². The zero-order valence-electron chi connectivity index (χ0n) is 12.5. The van der Waals surface area contributed by atoms with Crippen LogP contribution in [0.3, 0.4) is 0 Å². The van der Waals surface area contributed by atoms with Crippen LogP contribution in [0.15, 0.2) is 57.4 Å². The SMILES string of the molecule is CN(Cc1cccc(F)c1)Cc1nnc(-c2ccccc2Br)o1. The van der Waals surface area contributed by atoms with Crippen LogP contribution in [0.25, 0.3) is 11.5 Å². The average Bonchev–Trinajstić information content (AvgIpc) is 2.95. The third-order valence-corrected chi connectivity index (χ3v) is 4.01. The number of hydrogen-bond donors (Lipinski definition) is 0. The Hall–Kier alpha value is -2.05. The summed E-state index contributed by atoms with van der Waals surface area (Å²) in [6.07, 6.45) is 0. The van der Waals surface area contributed by atoms with E-state index in [0.29, 0.717) is 24.9 Å². The normalized spacial score (nSPS) is 11.1. The number of aromatic nitrogens is 2. The maximum absolute atomic E-state index is 13.2. The minimum atomic E-state index is -0.232. The van der Waals surface area contributed by atoms with Gasteiger partial charge in [0.2, 0.25) is 11.8 Å².